The highest BCUT2D eigenvalue weighted by Gasteiger charge is 2.56. The lowest BCUT2D eigenvalue weighted by atomic mass is 9.70. The topological polar surface area (TPSA) is 66.8 Å². The molecule has 39 heavy (non-hydrogen) atoms. The third-order valence-corrected chi connectivity index (χ3v) is 8.30. The predicted molar refractivity (Wildman–Crippen MR) is 148 cm³/mol. The van der Waals surface area contributed by atoms with Crippen LogP contribution in [0, 0.1) is 23.6 Å². The van der Waals surface area contributed by atoms with Gasteiger partial charge < -0.3 is 9.84 Å². The van der Waals surface area contributed by atoms with Gasteiger partial charge in [0.2, 0.25) is 11.8 Å². The highest BCUT2D eigenvalue weighted by molar-refractivity contribution is 6.22. The normalized spacial score (nSPS) is 24.8. The van der Waals surface area contributed by atoms with E-state index in [1.807, 2.05) is 54.6 Å². The van der Waals surface area contributed by atoms with Crippen LogP contribution in [0.15, 0.2) is 90.0 Å². The summed E-state index contributed by atoms with van der Waals surface area (Å²) in [5.41, 5.74) is 5.66. The quantitative estimate of drug-likeness (QED) is 0.231. The van der Waals surface area contributed by atoms with Gasteiger partial charge in [0.15, 0.2) is 11.6 Å². The number of hydrogen-bond acceptors (Lipinski definition) is 4. The van der Waals surface area contributed by atoms with E-state index in [9.17, 15) is 19.1 Å². The molecule has 5 nitrogen and oxygen atoms in total. The highest BCUT2D eigenvalue weighted by atomic mass is 19.1. The molecule has 6 rings (SSSR count). The van der Waals surface area contributed by atoms with E-state index in [2.05, 4.69) is 6.92 Å². The first-order chi connectivity index (χ1) is 18.9. The number of aromatic hydroxyl groups is 1. The van der Waals surface area contributed by atoms with Crippen molar-refractivity contribution in [2.75, 3.05) is 11.5 Å². The molecule has 0 spiro atoms. The Hall–Kier alpha value is -4.03. The number of ether oxygens (including phenoxy) is 1. The lowest BCUT2D eigenvalue weighted by Gasteiger charge is -2.30. The second-order valence-corrected chi connectivity index (χ2v) is 10.6. The van der Waals surface area contributed by atoms with Gasteiger partial charge in [0.25, 0.3) is 0 Å². The number of fused-ring (bicyclic) bond motifs is 3. The number of nitrogens with zero attached hydrogens (tertiary/aromatic N) is 1. The maximum absolute atomic E-state index is 14.0. The van der Waals surface area contributed by atoms with Crippen LogP contribution in [-0.4, -0.2) is 29.6 Å². The number of imide groups is 1. The van der Waals surface area contributed by atoms with E-state index in [0.29, 0.717) is 37.1 Å². The summed E-state index contributed by atoms with van der Waals surface area (Å²) in [6.07, 6.45) is 3.75. The van der Waals surface area contributed by atoms with Crippen LogP contribution >= 0.6 is 0 Å². The fourth-order valence-electron chi connectivity index (χ4n) is 6.51. The molecule has 6 heteroatoms. The zero-order valence-corrected chi connectivity index (χ0v) is 21.7. The summed E-state index contributed by atoms with van der Waals surface area (Å²) in [7, 11) is 0. The van der Waals surface area contributed by atoms with Crippen molar-refractivity contribution in [1.82, 2.24) is 0 Å². The molecule has 3 aliphatic rings. The Balaban J connectivity index is 1.25. The van der Waals surface area contributed by atoms with Gasteiger partial charge in [-0.15, -0.1) is 0 Å². The predicted octanol–water partition coefficient (Wildman–Crippen LogP) is 6.39. The van der Waals surface area contributed by atoms with Gasteiger partial charge >= 0.3 is 0 Å². The Morgan fingerprint density at radius 1 is 1.00 bits per heavy atom. The number of anilines is 1. The average Bonchev–Trinajstić information content (AvgIpc) is 3.48. The van der Waals surface area contributed by atoms with Crippen molar-refractivity contribution in [2.45, 2.75) is 32.3 Å². The number of amides is 2. The molecule has 1 N–H and O–H groups in total. The highest BCUT2D eigenvalue weighted by Crippen LogP contribution is 2.50. The van der Waals surface area contributed by atoms with E-state index in [1.54, 1.807) is 18.2 Å². The van der Waals surface area contributed by atoms with E-state index in [-0.39, 0.29) is 35.5 Å². The van der Waals surface area contributed by atoms with Crippen molar-refractivity contribution in [1.29, 1.82) is 0 Å². The van der Waals surface area contributed by atoms with Gasteiger partial charge in [-0.1, -0.05) is 66.2 Å². The summed E-state index contributed by atoms with van der Waals surface area (Å²) in [5, 5.41) is 9.59. The number of allylic oxidation sites excluding steroid dienone is 2. The number of phenolic OH excluding ortho intramolecular Hbond substituents is 1. The second-order valence-electron chi connectivity index (χ2n) is 10.6. The monoisotopic (exact) mass is 523 g/mol. The van der Waals surface area contributed by atoms with Crippen LogP contribution in [0.1, 0.15) is 37.3 Å². The van der Waals surface area contributed by atoms with Crippen molar-refractivity contribution < 1.29 is 23.8 Å². The summed E-state index contributed by atoms with van der Waals surface area (Å²) >= 11 is 0. The first-order valence-corrected chi connectivity index (χ1v) is 13.4. The van der Waals surface area contributed by atoms with E-state index < -0.39 is 11.7 Å². The number of para-hydroxylation sites is 1. The first kappa shape index (κ1) is 25.3. The zero-order chi connectivity index (χ0) is 27.1. The summed E-state index contributed by atoms with van der Waals surface area (Å²) in [6, 6.07) is 23.5. The van der Waals surface area contributed by atoms with Gasteiger partial charge in [-0.25, -0.2) is 4.39 Å². The smallest absolute Gasteiger partial charge is 0.238 e. The molecule has 0 unspecified atom stereocenters. The standard InChI is InChI=1S/C33H30FNO4/c1-20-16-25-31(33(38)35(32(25)37)24-10-6-3-7-11-24)26-19-39-29(30(20)26)15-13-23(22-8-4-2-5-9-22)17-21-12-14-28(36)27(34)18-21/h2-12,14,17-18,25-26,29,31,36H,13,15-16,19H2,1H3/b23-17-/t25-,26+,29-,31-/m1/s1. The summed E-state index contributed by atoms with van der Waals surface area (Å²) in [5.74, 6) is -2.13. The van der Waals surface area contributed by atoms with Crippen LogP contribution in [0.5, 0.6) is 5.75 Å². The third-order valence-electron chi connectivity index (χ3n) is 8.30. The largest absolute Gasteiger partial charge is 0.505 e. The SMILES string of the molecule is CC1=C2[C@@H](CC/C(=C/c3ccc(O)c(F)c3)c3ccccc3)OC[C@@H]2[C@@H]2C(=O)N(c3ccccc3)C(=O)[C@@H]2C1. The third kappa shape index (κ3) is 4.59. The van der Waals surface area contributed by atoms with Crippen LogP contribution in [0.2, 0.25) is 0 Å². The molecule has 0 saturated carbocycles. The van der Waals surface area contributed by atoms with Crippen LogP contribution in [0.3, 0.4) is 0 Å². The van der Waals surface area contributed by atoms with Gasteiger partial charge in [0.1, 0.15) is 0 Å². The minimum atomic E-state index is -0.656. The number of hydrogen-bond donors (Lipinski definition) is 1. The summed E-state index contributed by atoms with van der Waals surface area (Å²) in [4.78, 5) is 28.3. The van der Waals surface area contributed by atoms with Gasteiger partial charge in [-0.3, -0.25) is 14.5 Å². The van der Waals surface area contributed by atoms with Crippen molar-refractivity contribution in [2.24, 2.45) is 17.8 Å². The fourth-order valence-corrected chi connectivity index (χ4v) is 6.51. The molecule has 2 fully saturated rings. The fraction of sp³-hybridized carbons (Fsp3) is 0.273. The van der Waals surface area contributed by atoms with Crippen LogP contribution in [-0.2, 0) is 14.3 Å². The number of phenols is 1. The van der Waals surface area contributed by atoms with Crippen molar-refractivity contribution in [3.8, 4) is 5.75 Å². The maximum Gasteiger partial charge on any atom is 0.238 e. The minimum Gasteiger partial charge on any atom is -0.505 e. The van der Waals surface area contributed by atoms with Crippen LogP contribution in [0.4, 0.5) is 10.1 Å². The van der Waals surface area contributed by atoms with Crippen LogP contribution in [0.25, 0.3) is 11.6 Å². The zero-order valence-electron chi connectivity index (χ0n) is 21.7. The van der Waals surface area contributed by atoms with E-state index in [0.717, 1.165) is 22.3 Å². The molecule has 4 atom stereocenters. The molecule has 2 amide bonds. The molecule has 0 bridgehead atoms. The molecular weight excluding hydrogens is 493 g/mol. The number of carbonyl (C=O) groups is 2. The Bertz CT molecular complexity index is 1480. The Morgan fingerprint density at radius 2 is 1.72 bits per heavy atom. The maximum atomic E-state index is 14.0. The molecule has 0 aromatic heterocycles. The molecule has 198 valence electrons. The Labute approximate surface area is 227 Å². The van der Waals surface area contributed by atoms with Gasteiger partial charge in [-0.05, 0) is 72.7 Å². The lowest BCUT2D eigenvalue weighted by molar-refractivity contribution is -0.122. The number of rotatable bonds is 6. The molecule has 0 radical (unpaired) electrons. The number of carbonyl (C=O) groups excluding carboxylic acids is 2. The van der Waals surface area contributed by atoms with Gasteiger partial charge in [-0.2, -0.15) is 0 Å². The molecular formula is C33H30FNO4. The van der Waals surface area contributed by atoms with Gasteiger partial charge in [0, 0.05) is 5.92 Å². The number of benzene rings is 3. The van der Waals surface area contributed by atoms with Crippen molar-refractivity contribution in [3.63, 3.8) is 0 Å². The minimum absolute atomic E-state index is 0.103. The van der Waals surface area contributed by atoms with E-state index in [4.69, 9.17) is 4.74 Å². The Morgan fingerprint density at radius 3 is 2.44 bits per heavy atom. The molecule has 3 aromatic rings. The summed E-state index contributed by atoms with van der Waals surface area (Å²) in [6.45, 7) is 2.49. The molecule has 3 aromatic carbocycles. The average molecular weight is 524 g/mol. The molecule has 2 heterocycles. The van der Waals surface area contributed by atoms with Gasteiger partial charge in [0.05, 0.1) is 30.2 Å². The molecule has 2 saturated heterocycles. The van der Waals surface area contributed by atoms with E-state index >= 15 is 0 Å². The first-order valence-electron chi connectivity index (χ1n) is 13.4. The molecule has 2 aliphatic heterocycles. The van der Waals surface area contributed by atoms with E-state index in [1.165, 1.54) is 17.0 Å². The lowest BCUT2D eigenvalue weighted by Crippen LogP contribution is -2.34. The molecule has 1 aliphatic carbocycles. The van der Waals surface area contributed by atoms with Crippen molar-refractivity contribution in [3.05, 3.63) is 107 Å². The number of halogens is 1. The second kappa shape index (κ2) is 10.3. The Kier molecular flexibility index (Phi) is 6.65. The van der Waals surface area contributed by atoms with Crippen LogP contribution < -0.4 is 4.90 Å². The summed E-state index contributed by atoms with van der Waals surface area (Å²) < 4.78 is 20.3. The van der Waals surface area contributed by atoms with Crippen molar-refractivity contribution >= 4 is 29.2 Å².